The van der Waals surface area contributed by atoms with Crippen molar-refractivity contribution in [2.45, 2.75) is 0 Å². The number of hydrogen-bond acceptors (Lipinski definition) is 2. The molecule has 0 radical (unpaired) electrons. The number of aromatic nitrogens is 4. The Hall–Kier alpha value is -7.80. The molecule has 63 heavy (non-hydrogen) atoms. The van der Waals surface area contributed by atoms with Crippen LogP contribution < -0.4 is 17.7 Å². The van der Waals surface area contributed by atoms with Gasteiger partial charge in [0.05, 0.1) is 0 Å². The molecule has 0 unspecified atom stereocenters. The molecule has 0 fully saturated rings. The molecule has 294 valence electrons. The summed E-state index contributed by atoms with van der Waals surface area (Å²) in [7, 11) is 0. The van der Waals surface area contributed by atoms with Gasteiger partial charge in [0.25, 0.3) is 0 Å². The van der Waals surface area contributed by atoms with Crippen molar-refractivity contribution in [3.63, 3.8) is 0 Å². The molecule has 4 heterocycles. The van der Waals surface area contributed by atoms with Gasteiger partial charge in [-0.2, -0.15) is 0 Å². The number of para-hydroxylation sites is 4. The third kappa shape index (κ3) is 5.16. The van der Waals surface area contributed by atoms with Crippen LogP contribution in [-0.2, 0) is 0 Å². The van der Waals surface area contributed by atoms with E-state index in [9.17, 15) is 0 Å². The van der Waals surface area contributed by atoms with Crippen LogP contribution in [0.15, 0.2) is 231 Å². The third-order valence-corrected chi connectivity index (χ3v) is 23.1. The van der Waals surface area contributed by atoms with Gasteiger partial charge in [0, 0.05) is 0 Å². The third-order valence-electron chi connectivity index (χ3n) is 13.2. The van der Waals surface area contributed by atoms with E-state index in [4.69, 9.17) is 9.97 Å². The number of rotatable bonds is 6. The number of fused-ring (bicyclic) bond motifs is 10. The zero-order valence-electron chi connectivity index (χ0n) is 34.2. The van der Waals surface area contributed by atoms with Crippen molar-refractivity contribution < 1.29 is 0 Å². The summed E-state index contributed by atoms with van der Waals surface area (Å²) in [5.74, 6) is 0.740. The standard InChI is InChI=1S/C58H38GeN4/c1-5-21-39(22-6-1)58-60-55(54-45-30-13-17-33-48(45)59(57(54)61-58,40-23-7-2-8-24-40)41-25-9-3-10-26-41)47-32-16-20-36-51(47)63-49-34-18-14-29-43(49)44-37-38-52-53(56(44)63)46-31-15-19-35-50(46)62(52)42-27-11-4-12-28-42/h1-38H. The molecule has 0 saturated carbocycles. The van der Waals surface area contributed by atoms with E-state index in [1.807, 2.05) is 0 Å². The van der Waals surface area contributed by atoms with Crippen LogP contribution in [0.1, 0.15) is 0 Å². The summed E-state index contributed by atoms with van der Waals surface area (Å²) in [6.45, 7) is 0. The maximum absolute atomic E-state index is 5.79. The summed E-state index contributed by atoms with van der Waals surface area (Å²) in [5, 5.41) is 4.87. The molecule has 0 spiro atoms. The van der Waals surface area contributed by atoms with Gasteiger partial charge in [-0.1, -0.05) is 18.2 Å². The van der Waals surface area contributed by atoms with Crippen LogP contribution >= 0.6 is 0 Å². The summed E-state index contributed by atoms with van der Waals surface area (Å²) >= 11 is -3.78. The van der Waals surface area contributed by atoms with E-state index in [2.05, 4.69) is 240 Å². The van der Waals surface area contributed by atoms with Gasteiger partial charge in [-0.15, -0.1) is 0 Å². The van der Waals surface area contributed by atoms with Crippen LogP contribution in [0.25, 0.3) is 88.8 Å². The Morgan fingerprint density at radius 1 is 0.381 bits per heavy atom. The van der Waals surface area contributed by atoms with Crippen molar-refractivity contribution in [3.05, 3.63) is 231 Å². The van der Waals surface area contributed by atoms with E-state index in [1.54, 1.807) is 0 Å². The van der Waals surface area contributed by atoms with Gasteiger partial charge in [0.15, 0.2) is 0 Å². The molecule has 1 aliphatic heterocycles. The van der Waals surface area contributed by atoms with Crippen molar-refractivity contribution >= 4 is 74.6 Å². The first-order chi connectivity index (χ1) is 31.3. The number of hydrogen-bond donors (Lipinski definition) is 0. The van der Waals surface area contributed by atoms with Gasteiger partial charge in [-0.25, -0.2) is 0 Å². The molecule has 0 aliphatic carbocycles. The van der Waals surface area contributed by atoms with Crippen LogP contribution in [0, 0.1) is 0 Å². The van der Waals surface area contributed by atoms with Gasteiger partial charge in [0.1, 0.15) is 0 Å². The van der Waals surface area contributed by atoms with Crippen molar-refractivity contribution in [2.75, 3.05) is 0 Å². The van der Waals surface area contributed by atoms with Gasteiger partial charge in [0.2, 0.25) is 0 Å². The fourth-order valence-electron chi connectivity index (χ4n) is 10.7. The molecule has 4 nitrogen and oxygen atoms in total. The zero-order valence-corrected chi connectivity index (χ0v) is 36.3. The second-order valence-corrected chi connectivity index (χ2v) is 24.1. The quantitative estimate of drug-likeness (QED) is 0.156. The Balaban J connectivity index is 1.19. The molecule has 9 aromatic carbocycles. The minimum atomic E-state index is -3.78. The Morgan fingerprint density at radius 3 is 1.65 bits per heavy atom. The Labute approximate surface area is 367 Å². The first-order valence-corrected chi connectivity index (χ1v) is 25.8. The summed E-state index contributed by atoms with van der Waals surface area (Å²) in [5.41, 5.74) is 12.3. The van der Waals surface area contributed by atoms with E-state index in [0.717, 1.165) is 45.1 Å². The van der Waals surface area contributed by atoms with Crippen molar-refractivity contribution in [1.82, 2.24) is 19.1 Å². The van der Waals surface area contributed by atoms with E-state index in [0.29, 0.717) is 0 Å². The Morgan fingerprint density at radius 2 is 0.937 bits per heavy atom. The topological polar surface area (TPSA) is 35.6 Å². The van der Waals surface area contributed by atoms with E-state index < -0.39 is 13.3 Å². The minimum absolute atomic E-state index is 0.740. The van der Waals surface area contributed by atoms with E-state index >= 15 is 0 Å². The zero-order chi connectivity index (χ0) is 41.5. The molecule has 0 saturated heterocycles. The molecule has 3 aromatic heterocycles. The molecule has 5 heteroatoms. The molecule has 0 atom stereocenters. The predicted molar refractivity (Wildman–Crippen MR) is 264 cm³/mol. The monoisotopic (exact) mass is 864 g/mol. The molecule has 1 aliphatic rings. The van der Waals surface area contributed by atoms with E-state index in [1.165, 1.54) is 61.4 Å². The Kier molecular flexibility index (Phi) is 8.05. The summed E-state index contributed by atoms with van der Waals surface area (Å²) in [6.07, 6.45) is 0. The second kappa shape index (κ2) is 14.1. The first kappa shape index (κ1) is 35.9. The fraction of sp³-hybridized carbons (Fsp3) is 0. The molecule has 13 rings (SSSR count). The molecular formula is C58H38GeN4. The molecular weight excluding hydrogens is 825 g/mol. The van der Waals surface area contributed by atoms with Crippen molar-refractivity contribution in [1.29, 1.82) is 0 Å². The first-order valence-electron chi connectivity index (χ1n) is 21.6. The molecule has 0 amide bonds. The van der Waals surface area contributed by atoms with E-state index in [-0.39, 0.29) is 0 Å². The second-order valence-electron chi connectivity index (χ2n) is 16.4. The summed E-state index contributed by atoms with van der Waals surface area (Å²) in [4.78, 5) is 11.5. The molecule has 12 aromatic rings. The van der Waals surface area contributed by atoms with Crippen LogP contribution in [-0.4, -0.2) is 32.4 Å². The fourth-order valence-corrected chi connectivity index (χ4v) is 21.2. The van der Waals surface area contributed by atoms with Gasteiger partial charge < -0.3 is 0 Å². The summed E-state index contributed by atoms with van der Waals surface area (Å²) in [6, 6.07) is 84.0. The van der Waals surface area contributed by atoms with Crippen LogP contribution in [0.3, 0.4) is 0 Å². The number of benzene rings is 9. The van der Waals surface area contributed by atoms with Gasteiger partial charge >= 0.3 is 351 Å². The van der Waals surface area contributed by atoms with Gasteiger partial charge in [-0.3, -0.25) is 0 Å². The van der Waals surface area contributed by atoms with Crippen molar-refractivity contribution in [2.24, 2.45) is 0 Å². The van der Waals surface area contributed by atoms with Crippen LogP contribution in [0.4, 0.5) is 0 Å². The van der Waals surface area contributed by atoms with Crippen molar-refractivity contribution in [3.8, 4) is 45.1 Å². The Bertz CT molecular complexity index is 3690. The average molecular weight is 864 g/mol. The normalized spacial score (nSPS) is 12.9. The van der Waals surface area contributed by atoms with Crippen LogP contribution in [0.2, 0.25) is 0 Å². The SMILES string of the molecule is c1ccc(-c2nc(-c3ccccc3-n3c4ccccc4c4ccc5c(c6ccccc6n5-c5ccccc5)c43)c3[c](n2)[Ge]([c]2ccccc2)([c]2ccccc2)[c]2ccccc2-3)cc1. The molecule has 0 bridgehead atoms. The predicted octanol–water partition coefficient (Wildman–Crippen LogP) is 11.4. The average Bonchev–Trinajstić information content (AvgIpc) is 3.99. The van der Waals surface area contributed by atoms with Gasteiger partial charge in [-0.05, 0) is 0 Å². The number of nitrogens with zero attached hydrogens (tertiary/aromatic N) is 4. The van der Waals surface area contributed by atoms with Crippen LogP contribution in [0.5, 0.6) is 0 Å². The summed E-state index contributed by atoms with van der Waals surface area (Å²) < 4.78 is 10.2. The molecule has 0 N–H and O–H groups in total. The maximum atomic E-state index is 5.79.